The molecule has 0 aliphatic carbocycles. The first-order chi connectivity index (χ1) is 21.2. The van der Waals surface area contributed by atoms with Crippen molar-refractivity contribution in [3.8, 4) is 5.69 Å². The normalized spacial score (nSPS) is 11.8. The lowest BCUT2D eigenvalue weighted by Gasteiger charge is -2.26. The molecule has 9 aromatic rings. The summed E-state index contributed by atoms with van der Waals surface area (Å²) in [5.41, 5.74) is 7.31. The number of para-hydroxylation sites is 3. The van der Waals surface area contributed by atoms with Gasteiger partial charge in [0.25, 0.3) is 0 Å². The summed E-state index contributed by atoms with van der Waals surface area (Å²) < 4.78 is 9.78. The molecule has 0 atom stereocenters. The topological polar surface area (TPSA) is 21.3 Å². The first kappa shape index (κ1) is 24.6. The highest BCUT2D eigenvalue weighted by Crippen LogP contribution is 2.45. The standard InChI is InChI=1S/C38H23ClN2OS/c39-24-15-20-36-32(21-24)37-30-18-16-28(23-33(30)41(38(37)43-36)26-11-5-2-6-12-26)40(25-9-3-1-4-10-25)27-17-19-35-31(22-27)29-13-7-8-14-34(29)42-35/h1-23H. The van der Waals surface area contributed by atoms with Crippen molar-refractivity contribution in [1.82, 2.24) is 4.57 Å². The van der Waals surface area contributed by atoms with Gasteiger partial charge in [-0.3, -0.25) is 0 Å². The third-order valence-corrected chi connectivity index (χ3v) is 9.62. The smallest absolute Gasteiger partial charge is 0.135 e. The summed E-state index contributed by atoms with van der Waals surface area (Å²) in [6.07, 6.45) is 0. The number of aromatic nitrogens is 1. The van der Waals surface area contributed by atoms with Crippen LogP contribution in [-0.2, 0) is 0 Å². The number of hydrogen-bond acceptors (Lipinski definition) is 3. The van der Waals surface area contributed by atoms with Crippen LogP contribution in [0.15, 0.2) is 144 Å². The van der Waals surface area contributed by atoms with E-state index < -0.39 is 0 Å². The third-order valence-electron chi connectivity index (χ3n) is 8.23. The van der Waals surface area contributed by atoms with Crippen LogP contribution in [0.25, 0.3) is 58.8 Å². The monoisotopic (exact) mass is 590 g/mol. The molecular weight excluding hydrogens is 568 g/mol. The minimum Gasteiger partial charge on any atom is -0.456 e. The van der Waals surface area contributed by atoms with E-state index in [9.17, 15) is 0 Å². The Morgan fingerprint density at radius 3 is 2.14 bits per heavy atom. The van der Waals surface area contributed by atoms with E-state index in [1.807, 2.05) is 29.5 Å². The predicted octanol–water partition coefficient (Wildman–Crippen LogP) is 12.0. The maximum Gasteiger partial charge on any atom is 0.135 e. The molecule has 0 amide bonds. The number of anilines is 3. The molecule has 0 saturated carbocycles. The summed E-state index contributed by atoms with van der Waals surface area (Å²) in [7, 11) is 0. The van der Waals surface area contributed by atoms with Gasteiger partial charge < -0.3 is 13.9 Å². The van der Waals surface area contributed by atoms with Gasteiger partial charge >= 0.3 is 0 Å². The minimum absolute atomic E-state index is 0.752. The van der Waals surface area contributed by atoms with Crippen molar-refractivity contribution in [1.29, 1.82) is 0 Å². The Morgan fingerprint density at radius 1 is 0.558 bits per heavy atom. The molecule has 3 aromatic heterocycles. The lowest BCUT2D eigenvalue weighted by Crippen LogP contribution is -2.10. The van der Waals surface area contributed by atoms with E-state index in [1.54, 1.807) is 0 Å². The van der Waals surface area contributed by atoms with Crippen molar-refractivity contribution in [2.75, 3.05) is 4.90 Å². The van der Waals surface area contributed by atoms with Crippen LogP contribution in [0.3, 0.4) is 0 Å². The van der Waals surface area contributed by atoms with Crippen LogP contribution in [-0.4, -0.2) is 4.57 Å². The molecule has 0 fully saturated rings. The van der Waals surface area contributed by atoms with Gasteiger partial charge in [-0.1, -0.05) is 72.3 Å². The molecule has 6 aromatic carbocycles. The molecule has 3 nitrogen and oxygen atoms in total. The molecule has 0 radical (unpaired) electrons. The van der Waals surface area contributed by atoms with Gasteiger partial charge in [-0.15, -0.1) is 11.3 Å². The summed E-state index contributed by atoms with van der Waals surface area (Å²) in [5, 5.41) is 6.61. The fourth-order valence-electron chi connectivity index (χ4n) is 6.35. The van der Waals surface area contributed by atoms with Crippen LogP contribution in [0.5, 0.6) is 0 Å². The highest BCUT2D eigenvalue weighted by molar-refractivity contribution is 7.25. The average Bonchev–Trinajstić information content (AvgIpc) is 3.70. The van der Waals surface area contributed by atoms with Gasteiger partial charge in [-0.25, -0.2) is 0 Å². The fourth-order valence-corrected chi connectivity index (χ4v) is 7.75. The molecule has 0 saturated heterocycles. The molecule has 5 heteroatoms. The highest BCUT2D eigenvalue weighted by atomic mass is 35.5. The quantitative estimate of drug-likeness (QED) is 0.203. The second kappa shape index (κ2) is 9.50. The minimum atomic E-state index is 0.752. The maximum absolute atomic E-state index is 6.51. The number of thiophene rings is 1. The number of hydrogen-bond donors (Lipinski definition) is 0. The molecule has 0 bridgehead atoms. The Morgan fingerprint density at radius 2 is 1.28 bits per heavy atom. The molecule has 0 aliphatic rings. The lowest BCUT2D eigenvalue weighted by atomic mass is 10.1. The zero-order chi connectivity index (χ0) is 28.5. The SMILES string of the molecule is Clc1ccc2sc3c(c2c1)c1ccc(N(c2ccccc2)c2ccc4oc5ccccc5c4c2)cc1n3-c1ccccc1. The van der Waals surface area contributed by atoms with Gasteiger partial charge in [-0.2, -0.15) is 0 Å². The van der Waals surface area contributed by atoms with Gasteiger partial charge in [0.15, 0.2) is 0 Å². The van der Waals surface area contributed by atoms with Crippen molar-refractivity contribution in [2.24, 2.45) is 0 Å². The molecule has 0 N–H and O–H groups in total. The van der Waals surface area contributed by atoms with Crippen molar-refractivity contribution in [3.63, 3.8) is 0 Å². The fraction of sp³-hybridized carbons (Fsp3) is 0. The van der Waals surface area contributed by atoms with Crippen molar-refractivity contribution in [3.05, 3.63) is 145 Å². The van der Waals surface area contributed by atoms with Crippen LogP contribution in [0, 0.1) is 0 Å². The van der Waals surface area contributed by atoms with Gasteiger partial charge in [-0.05, 0) is 78.9 Å². The third kappa shape index (κ3) is 3.81. The van der Waals surface area contributed by atoms with E-state index in [4.69, 9.17) is 16.0 Å². The Balaban J connectivity index is 1.33. The largest absolute Gasteiger partial charge is 0.456 e. The second-order valence-electron chi connectivity index (χ2n) is 10.7. The first-order valence-corrected chi connectivity index (χ1v) is 15.4. The van der Waals surface area contributed by atoms with Crippen LogP contribution in [0.2, 0.25) is 5.02 Å². The van der Waals surface area contributed by atoms with E-state index in [1.165, 1.54) is 25.7 Å². The Labute approximate surface area is 256 Å². The van der Waals surface area contributed by atoms with Crippen molar-refractivity contribution >= 4 is 93.1 Å². The number of fused-ring (bicyclic) bond motifs is 8. The number of benzene rings is 6. The number of nitrogens with zero attached hydrogens (tertiary/aromatic N) is 2. The van der Waals surface area contributed by atoms with Crippen molar-refractivity contribution in [2.45, 2.75) is 0 Å². The summed E-state index contributed by atoms with van der Waals surface area (Å²) in [6.45, 7) is 0. The highest BCUT2D eigenvalue weighted by Gasteiger charge is 2.21. The molecule has 43 heavy (non-hydrogen) atoms. The number of rotatable bonds is 4. The van der Waals surface area contributed by atoms with E-state index in [0.717, 1.165) is 55.2 Å². The van der Waals surface area contributed by atoms with Gasteiger partial charge in [0.2, 0.25) is 0 Å². The van der Waals surface area contributed by atoms with E-state index in [-0.39, 0.29) is 0 Å². The zero-order valence-electron chi connectivity index (χ0n) is 22.9. The van der Waals surface area contributed by atoms with Crippen LogP contribution in [0.4, 0.5) is 17.1 Å². The Hall–Kier alpha value is -5.03. The van der Waals surface area contributed by atoms with Crippen LogP contribution < -0.4 is 4.90 Å². The van der Waals surface area contributed by atoms with Gasteiger partial charge in [0.1, 0.15) is 16.0 Å². The maximum atomic E-state index is 6.51. The van der Waals surface area contributed by atoms with E-state index >= 15 is 0 Å². The molecule has 9 rings (SSSR count). The summed E-state index contributed by atoms with van der Waals surface area (Å²) in [5.74, 6) is 0. The van der Waals surface area contributed by atoms with Gasteiger partial charge in [0, 0.05) is 59.4 Å². The lowest BCUT2D eigenvalue weighted by molar-refractivity contribution is 0.669. The summed E-state index contributed by atoms with van der Waals surface area (Å²) in [4.78, 5) is 3.54. The number of halogens is 1. The Kier molecular flexibility index (Phi) is 5.42. The second-order valence-corrected chi connectivity index (χ2v) is 12.2. The first-order valence-electron chi connectivity index (χ1n) is 14.2. The summed E-state index contributed by atoms with van der Waals surface area (Å²) in [6, 6.07) is 48.9. The van der Waals surface area contributed by atoms with Crippen molar-refractivity contribution < 1.29 is 4.42 Å². The van der Waals surface area contributed by atoms with E-state index in [0.29, 0.717) is 0 Å². The zero-order valence-corrected chi connectivity index (χ0v) is 24.4. The molecule has 0 spiro atoms. The summed E-state index contributed by atoms with van der Waals surface area (Å²) >= 11 is 8.32. The molecule has 204 valence electrons. The molecule has 0 aliphatic heterocycles. The van der Waals surface area contributed by atoms with E-state index in [2.05, 4.69) is 131 Å². The molecule has 3 heterocycles. The van der Waals surface area contributed by atoms with Gasteiger partial charge in [0.05, 0.1) is 5.52 Å². The Bertz CT molecular complexity index is 2470. The predicted molar refractivity (Wildman–Crippen MR) is 183 cm³/mol. The van der Waals surface area contributed by atoms with Crippen LogP contribution in [0.1, 0.15) is 0 Å². The average molecular weight is 591 g/mol. The van der Waals surface area contributed by atoms with Crippen LogP contribution >= 0.6 is 22.9 Å². The molecular formula is C38H23ClN2OS. The number of furan rings is 1. The molecule has 0 unspecified atom stereocenters.